The van der Waals surface area contributed by atoms with Gasteiger partial charge in [-0.3, -0.25) is 4.79 Å². The first-order valence-electron chi connectivity index (χ1n) is 10.4. The Bertz CT molecular complexity index is 1130. The number of benzene rings is 1. The van der Waals surface area contributed by atoms with Crippen LogP contribution >= 0.6 is 0 Å². The molecule has 1 aliphatic heterocycles. The van der Waals surface area contributed by atoms with Crippen molar-refractivity contribution in [3.05, 3.63) is 53.3 Å². The molecule has 0 bridgehead atoms. The van der Waals surface area contributed by atoms with E-state index in [0.717, 1.165) is 30.2 Å². The summed E-state index contributed by atoms with van der Waals surface area (Å²) in [6.45, 7) is 2.90. The maximum atomic E-state index is 12.9. The van der Waals surface area contributed by atoms with Gasteiger partial charge in [-0.1, -0.05) is 6.07 Å². The SMILES string of the molecule is COc1cc(C)ccc1OCC(=O)N1CCC[C@@H](c2cc3nc(C(F)(F)F)ccc3[nH]2)C1. The highest BCUT2D eigenvalue weighted by Crippen LogP contribution is 2.32. The number of pyridine rings is 1. The number of piperidine rings is 1. The smallest absolute Gasteiger partial charge is 0.433 e. The molecule has 3 aromatic rings. The maximum absolute atomic E-state index is 12.9. The Kier molecular flexibility index (Phi) is 5.99. The lowest BCUT2D eigenvalue weighted by Crippen LogP contribution is -2.41. The molecule has 1 aromatic carbocycles. The summed E-state index contributed by atoms with van der Waals surface area (Å²) in [5.74, 6) is 0.913. The number of hydrogen-bond acceptors (Lipinski definition) is 4. The van der Waals surface area contributed by atoms with E-state index in [0.29, 0.717) is 30.1 Å². The first kappa shape index (κ1) is 22.0. The highest BCUT2D eigenvalue weighted by atomic mass is 19.4. The number of aromatic amines is 1. The van der Waals surface area contributed by atoms with Gasteiger partial charge in [0.2, 0.25) is 0 Å². The van der Waals surface area contributed by atoms with Crippen molar-refractivity contribution in [2.24, 2.45) is 0 Å². The van der Waals surface area contributed by atoms with Crippen LogP contribution in [-0.2, 0) is 11.0 Å². The van der Waals surface area contributed by atoms with Gasteiger partial charge in [-0.2, -0.15) is 13.2 Å². The Labute approximate surface area is 183 Å². The van der Waals surface area contributed by atoms with Gasteiger partial charge < -0.3 is 19.4 Å². The van der Waals surface area contributed by atoms with Gasteiger partial charge in [-0.05, 0) is 55.7 Å². The van der Waals surface area contributed by atoms with Gasteiger partial charge in [0.05, 0.1) is 18.1 Å². The Morgan fingerprint density at radius 3 is 2.78 bits per heavy atom. The van der Waals surface area contributed by atoms with Crippen LogP contribution in [0, 0.1) is 6.92 Å². The molecule has 2 aromatic heterocycles. The van der Waals surface area contributed by atoms with Crippen LogP contribution in [0.2, 0.25) is 0 Å². The number of aromatic nitrogens is 2. The summed E-state index contributed by atoms with van der Waals surface area (Å²) in [7, 11) is 1.55. The molecule has 1 amide bonds. The number of ether oxygens (including phenoxy) is 2. The van der Waals surface area contributed by atoms with Crippen LogP contribution < -0.4 is 9.47 Å². The molecular weight excluding hydrogens is 423 g/mol. The summed E-state index contributed by atoms with van der Waals surface area (Å²) < 4.78 is 49.8. The van der Waals surface area contributed by atoms with Gasteiger partial charge in [-0.15, -0.1) is 0 Å². The minimum absolute atomic E-state index is 0.00912. The summed E-state index contributed by atoms with van der Waals surface area (Å²) in [4.78, 5) is 21.4. The van der Waals surface area contributed by atoms with E-state index in [2.05, 4.69) is 9.97 Å². The Morgan fingerprint density at radius 2 is 2.03 bits per heavy atom. The number of alkyl halides is 3. The topological polar surface area (TPSA) is 67.5 Å². The maximum Gasteiger partial charge on any atom is 0.433 e. The highest BCUT2D eigenvalue weighted by molar-refractivity contribution is 5.78. The fourth-order valence-electron chi connectivity index (χ4n) is 3.99. The number of carbonyl (C=O) groups is 1. The summed E-state index contributed by atoms with van der Waals surface area (Å²) >= 11 is 0. The highest BCUT2D eigenvalue weighted by Gasteiger charge is 2.33. The number of nitrogens with zero attached hydrogens (tertiary/aromatic N) is 2. The van der Waals surface area contributed by atoms with E-state index in [-0.39, 0.29) is 23.9 Å². The number of carbonyl (C=O) groups excluding carboxylic acids is 1. The first-order valence-corrected chi connectivity index (χ1v) is 10.4. The van der Waals surface area contributed by atoms with Crippen LogP contribution in [0.25, 0.3) is 11.0 Å². The van der Waals surface area contributed by atoms with Crippen LogP contribution in [-0.4, -0.2) is 47.6 Å². The van der Waals surface area contributed by atoms with Crippen LogP contribution in [0.1, 0.15) is 35.7 Å². The number of likely N-dealkylation sites (tertiary alicyclic amines) is 1. The second-order valence-corrected chi connectivity index (χ2v) is 7.97. The summed E-state index contributed by atoms with van der Waals surface area (Å²) in [6.07, 6.45) is -2.87. The monoisotopic (exact) mass is 447 g/mol. The van der Waals surface area contributed by atoms with Crippen molar-refractivity contribution in [1.29, 1.82) is 0 Å². The molecule has 1 fully saturated rings. The second kappa shape index (κ2) is 8.72. The van der Waals surface area contributed by atoms with Crippen molar-refractivity contribution < 1.29 is 27.4 Å². The molecule has 3 heterocycles. The summed E-state index contributed by atoms with van der Waals surface area (Å²) in [5, 5.41) is 0. The molecule has 1 saturated heterocycles. The van der Waals surface area contributed by atoms with Gasteiger partial charge in [0.15, 0.2) is 18.1 Å². The lowest BCUT2D eigenvalue weighted by atomic mass is 9.95. The molecule has 4 rings (SSSR count). The van der Waals surface area contributed by atoms with E-state index in [4.69, 9.17) is 9.47 Å². The number of methoxy groups -OCH3 is 1. The number of H-pyrrole nitrogens is 1. The molecule has 0 unspecified atom stereocenters. The molecule has 9 heteroatoms. The average molecular weight is 447 g/mol. The number of nitrogens with one attached hydrogen (secondary N) is 1. The first-order chi connectivity index (χ1) is 15.2. The number of aryl methyl sites for hydroxylation is 1. The zero-order valence-corrected chi connectivity index (χ0v) is 17.8. The number of fused-ring (bicyclic) bond motifs is 1. The fourth-order valence-corrected chi connectivity index (χ4v) is 3.99. The van der Waals surface area contributed by atoms with Crippen molar-refractivity contribution in [1.82, 2.24) is 14.9 Å². The van der Waals surface area contributed by atoms with Crippen molar-refractivity contribution in [2.45, 2.75) is 31.9 Å². The standard InChI is InChI=1S/C23H24F3N3O3/c1-14-5-7-19(20(10-14)31-2)32-13-22(30)29-9-3-4-15(12-29)17-11-18-16(27-17)6-8-21(28-18)23(24,25)26/h5-8,10-11,15,27H,3-4,9,12-13H2,1-2H3/t15-/m1/s1. The van der Waals surface area contributed by atoms with Crippen LogP contribution in [0.3, 0.4) is 0 Å². The van der Waals surface area contributed by atoms with Gasteiger partial charge >= 0.3 is 6.18 Å². The third-order valence-corrected chi connectivity index (χ3v) is 5.67. The molecule has 0 spiro atoms. The summed E-state index contributed by atoms with van der Waals surface area (Å²) in [6, 6.07) is 9.50. The van der Waals surface area contributed by atoms with E-state index in [1.54, 1.807) is 24.1 Å². The van der Waals surface area contributed by atoms with E-state index in [9.17, 15) is 18.0 Å². The number of amides is 1. The van der Waals surface area contributed by atoms with Crippen LogP contribution in [0.15, 0.2) is 36.4 Å². The number of rotatable bonds is 5. The Hall–Kier alpha value is -3.23. The van der Waals surface area contributed by atoms with E-state index in [1.807, 2.05) is 19.1 Å². The molecule has 1 N–H and O–H groups in total. The molecule has 32 heavy (non-hydrogen) atoms. The quantitative estimate of drug-likeness (QED) is 0.617. The molecular formula is C23H24F3N3O3. The van der Waals surface area contributed by atoms with Gasteiger partial charge in [-0.25, -0.2) is 4.98 Å². The second-order valence-electron chi connectivity index (χ2n) is 7.97. The van der Waals surface area contributed by atoms with Gasteiger partial charge in [0.1, 0.15) is 5.69 Å². The van der Waals surface area contributed by atoms with E-state index >= 15 is 0 Å². The number of hydrogen-bond donors (Lipinski definition) is 1. The van der Waals surface area contributed by atoms with Crippen molar-refractivity contribution >= 4 is 16.9 Å². The van der Waals surface area contributed by atoms with Crippen LogP contribution in [0.4, 0.5) is 13.2 Å². The molecule has 1 atom stereocenters. The third-order valence-electron chi connectivity index (χ3n) is 5.67. The molecule has 6 nitrogen and oxygen atoms in total. The predicted octanol–water partition coefficient (Wildman–Crippen LogP) is 4.68. The van der Waals surface area contributed by atoms with Crippen molar-refractivity contribution in [2.75, 3.05) is 26.8 Å². The molecule has 0 saturated carbocycles. The zero-order valence-electron chi connectivity index (χ0n) is 17.8. The van der Waals surface area contributed by atoms with E-state index in [1.165, 1.54) is 6.07 Å². The average Bonchev–Trinajstić information content (AvgIpc) is 3.21. The lowest BCUT2D eigenvalue weighted by molar-refractivity contribution is -0.141. The zero-order chi connectivity index (χ0) is 22.9. The van der Waals surface area contributed by atoms with Crippen LogP contribution in [0.5, 0.6) is 11.5 Å². The minimum Gasteiger partial charge on any atom is -0.493 e. The molecule has 0 radical (unpaired) electrons. The van der Waals surface area contributed by atoms with E-state index < -0.39 is 11.9 Å². The predicted molar refractivity (Wildman–Crippen MR) is 113 cm³/mol. The lowest BCUT2D eigenvalue weighted by Gasteiger charge is -2.32. The normalized spacial score (nSPS) is 16.9. The largest absolute Gasteiger partial charge is 0.493 e. The Balaban J connectivity index is 1.43. The van der Waals surface area contributed by atoms with Gasteiger partial charge in [0, 0.05) is 24.7 Å². The number of halogens is 3. The van der Waals surface area contributed by atoms with Gasteiger partial charge in [0.25, 0.3) is 5.91 Å². The van der Waals surface area contributed by atoms with Crippen molar-refractivity contribution in [3.63, 3.8) is 0 Å². The minimum atomic E-state index is -4.49. The third kappa shape index (κ3) is 4.66. The molecule has 170 valence electrons. The van der Waals surface area contributed by atoms with Crippen molar-refractivity contribution in [3.8, 4) is 11.5 Å². The molecule has 1 aliphatic rings. The Morgan fingerprint density at radius 1 is 1.22 bits per heavy atom. The molecule has 0 aliphatic carbocycles. The summed E-state index contributed by atoms with van der Waals surface area (Å²) in [5.41, 5.74) is 1.71. The fraction of sp³-hybridized carbons (Fsp3) is 0.391.